The van der Waals surface area contributed by atoms with Crippen LogP contribution in [-0.2, 0) is 19.0 Å². The highest BCUT2D eigenvalue weighted by Crippen LogP contribution is 2.18. The summed E-state index contributed by atoms with van der Waals surface area (Å²) in [6.07, 6.45) is 1.06. The van der Waals surface area contributed by atoms with E-state index in [4.69, 9.17) is 8.92 Å². The third-order valence-corrected chi connectivity index (χ3v) is 4.31. The first-order chi connectivity index (χ1) is 8.45. The number of halogens is 1. The van der Waals surface area contributed by atoms with E-state index in [9.17, 15) is 8.42 Å². The molecular formula is C12H17BrO4S. The molecule has 0 aliphatic carbocycles. The van der Waals surface area contributed by atoms with E-state index < -0.39 is 10.1 Å². The smallest absolute Gasteiger partial charge is 0.297 e. The fourth-order valence-corrected chi connectivity index (χ4v) is 2.81. The molecule has 1 aromatic rings. The lowest BCUT2D eigenvalue weighted by Gasteiger charge is -2.12. The van der Waals surface area contributed by atoms with Gasteiger partial charge < -0.3 is 4.74 Å². The van der Waals surface area contributed by atoms with E-state index in [1.54, 1.807) is 26.2 Å². The van der Waals surface area contributed by atoms with Gasteiger partial charge in [-0.25, -0.2) is 0 Å². The molecule has 0 fully saturated rings. The summed E-state index contributed by atoms with van der Waals surface area (Å²) in [6, 6.07) is 6.38. The van der Waals surface area contributed by atoms with E-state index in [-0.39, 0.29) is 11.0 Å². The summed E-state index contributed by atoms with van der Waals surface area (Å²) in [5.41, 5.74) is 0. The van der Waals surface area contributed by atoms with Crippen molar-refractivity contribution in [3.63, 3.8) is 0 Å². The summed E-state index contributed by atoms with van der Waals surface area (Å²) in [5, 5.41) is 0. The van der Waals surface area contributed by atoms with Crippen molar-refractivity contribution in [3.8, 4) is 0 Å². The highest BCUT2D eigenvalue weighted by molar-refractivity contribution is 9.10. The summed E-state index contributed by atoms with van der Waals surface area (Å²) in [5.74, 6) is 0. The van der Waals surface area contributed by atoms with Gasteiger partial charge in [-0.3, -0.25) is 4.18 Å². The van der Waals surface area contributed by atoms with Crippen LogP contribution in [0.2, 0.25) is 0 Å². The molecule has 1 aromatic carbocycles. The highest BCUT2D eigenvalue weighted by Gasteiger charge is 2.18. The Hall–Kier alpha value is -0.430. The van der Waals surface area contributed by atoms with Crippen molar-refractivity contribution in [3.05, 3.63) is 28.7 Å². The van der Waals surface area contributed by atoms with Gasteiger partial charge in [0.2, 0.25) is 0 Å². The number of methoxy groups -OCH3 is 1. The number of hydrogen-bond acceptors (Lipinski definition) is 4. The lowest BCUT2D eigenvalue weighted by Crippen LogP contribution is -2.16. The topological polar surface area (TPSA) is 52.6 Å². The summed E-state index contributed by atoms with van der Waals surface area (Å²) in [4.78, 5) is 0.171. The van der Waals surface area contributed by atoms with Crippen LogP contribution in [0.3, 0.4) is 0 Å². The average molecular weight is 337 g/mol. The minimum absolute atomic E-state index is 0.171. The van der Waals surface area contributed by atoms with Crippen LogP contribution in [0.15, 0.2) is 33.6 Å². The van der Waals surface area contributed by atoms with Gasteiger partial charge in [0.1, 0.15) is 0 Å². The van der Waals surface area contributed by atoms with E-state index >= 15 is 0 Å². The molecule has 0 saturated carbocycles. The standard InChI is InChI=1S/C12H17BrO4S/c1-10(4-3-9-16-2)17-18(14,15)12-7-5-11(13)6-8-12/h5-8,10H,3-4,9H2,1-2H3/t10-/m1/s1. The van der Waals surface area contributed by atoms with E-state index in [2.05, 4.69) is 15.9 Å². The van der Waals surface area contributed by atoms with Crippen molar-refractivity contribution >= 4 is 26.0 Å². The van der Waals surface area contributed by atoms with E-state index in [1.807, 2.05) is 0 Å². The summed E-state index contributed by atoms with van der Waals surface area (Å²) in [7, 11) is -2.06. The van der Waals surface area contributed by atoms with Gasteiger partial charge in [0.25, 0.3) is 10.1 Å². The largest absolute Gasteiger partial charge is 0.385 e. The number of benzene rings is 1. The van der Waals surface area contributed by atoms with Gasteiger partial charge in [0, 0.05) is 18.2 Å². The first-order valence-electron chi connectivity index (χ1n) is 5.63. The molecule has 0 N–H and O–H groups in total. The Morgan fingerprint density at radius 1 is 1.28 bits per heavy atom. The van der Waals surface area contributed by atoms with Crippen molar-refractivity contribution < 1.29 is 17.3 Å². The van der Waals surface area contributed by atoms with Crippen LogP contribution in [0.1, 0.15) is 19.8 Å². The monoisotopic (exact) mass is 336 g/mol. The Bertz CT molecular complexity index is 455. The average Bonchev–Trinajstić information content (AvgIpc) is 2.29. The Balaban J connectivity index is 2.61. The molecular weight excluding hydrogens is 320 g/mol. The predicted octanol–water partition coefficient (Wildman–Crippen LogP) is 2.97. The van der Waals surface area contributed by atoms with Crippen molar-refractivity contribution in [1.82, 2.24) is 0 Å². The first-order valence-corrected chi connectivity index (χ1v) is 7.83. The Morgan fingerprint density at radius 2 is 1.89 bits per heavy atom. The molecule has 6 heteroatoms. The zero-order valence-corrected chi connectivity index (χ0v) is 12.8. The van der Waals surface area contributed by atoms with Gasteiger partial charge in [-0.1, -0.05) is 15.9 Å². The lowest BCUT2D eigenvalue weighted by atomic mass is 10.2. The molecule has 0 aromatic heterocycles. The molecule has 0 bridgehead atoms. The minimum Gasteiger partial charge on any atom is -0.385 e. The van der Waals surface area contributed by atoms with Crippen LogP contribution >= 0.6 is 15.9 Å². The summed E-state index contributed by atoms with van der Waals surface area (Å²) < 4.78 is 34.7. The lowest BCUT2D eigenvalue weighted by molar-refractivity contribution is 0.163. The van der Waals surface area contributed by atoms with Crippen LogP contribution in [0, 0.1) is 0 Å². The summed E-state index contributed by atoms with van der Waals surface area (Å²) >= 11 is 3.26. The normalized spacial score (nSPS) is 13.5. The van der Waals surface area contributed by atoms with Gasteiger partial charge >= 0.3 is 0 Å². The maximum atomic E-state index is 11.9. The molecule has 0 amide bonds. The van der Waals surface area contributed by atoms with E-state index in [0.717, 1.165) is 10.9 Å². The fourth-order valence-electron chi connectivity index (χ4n) is 1.44. The van der Waals surface area contributed by atoms with Gasteiger partial charge in [0.15, 0.2) is 0 Å². The molecule has 0 aliphatic rings. The van der Waals surface area contributed by atoms with E-state index in [1.165, 1.54) is 12.1 Å². The zero-order chi connectivity index (χ0) is 13.6. The van der Waals surface area contributed by atoms with Crippen LogP contribution < -0.4 is 0 Å². The van der Waals surface area contributed by atoms with Crippen LogP contribution in [0.4, 0.5) is 0 Å². The Labute approximate surface area is 117 Å². The predicted molar refractivity (Wildman–Crippen MR) is 73.0 cm³/mol. The maximum Gasteiger partial charge on any atom is 0.297 e. The number of ether oxygens (including phenoxy) is 1. The van der Waals surface area contributed by atoms with Crippen LogP contribution in [-0.4, -0.2) is 28.2 Å². The Kier molecular flexibility index (Phi) is 6.28. The minimum atomic E-state index is -3.68. The number of rotatable bonds is 7. The first kappa shape index (κ1) is 15.6. The molecule has 0 spiro atoms. The second-order valence-corrected chi connectivity index (χ2v) is 6.44. The van der Waals surface area contributed by atoms with Crippen molar-refractivity contribution in [2.75, 3.05) is 13.7 Å². The fraction of sp³-hybridized carbons (Fsp3) is 0.500. The van der Waals surface area contributed by atoms with Crippen molar-refractivity contribution in [2.45, 2.75) is 30.8 Å². The van der Waals surface area contributed by atoms with Crippen LogP contribution in [0.5, 0.6) is 0 Å². The molecule has 0 radical (unpaired) electrons. The molecule has 1 atom stereocenters. The second kappa shape index (κ2) is 7.23. The zero-order valence-electron chi connectivity index (χ0n) is 10.4. The molecule has 4 nitrogen and oxygen atoms in total. The quantitative estimate of drug-likeness (QED) is 0.567. The highest BCUT2D eigenvalue weighted by atomic mass is 79.9. The number of hydrogen-bond donors (Lipinski definition) is 0. The van der Waals surface area contributed by atoms with Crippen molar-refractivity contribution in [2.24, 2.45) is 0 Å². The second-order valence-electron chi connectivity index (χ2n) is 3.95. The Morgan fingerprint density at radius 3 is 2.44 bits per heavy atom. The van der Waals surface area contributed by atoms with Crippen LogP contribution in [0.25, 0.3) is 0 Å². The van der Waals surface area contributed by atoms with Gasteiger partial charge in [-0.2, -0.15) is 8.42 Å². The molecule has 0 saturated heterocycles. The van der Waals surface area contributed by atoms with Crippen molar-refractivity contribution in [1.29, 1.82) is 0 Å². The maximum absolute atomic E-state index is 11.9. The molecule has 0 heterocycles. The van der Waals surface area contributed by atoms with Gasteiger partial charge in [-0.15, -0.1) is 0 Å². The molecule has 0 unspecified atom stereocenters. The van der Waals surface area contributed by atoms with E-state index in [0.29, 0.717) is 13.0 Å². The third kappa shape index (κ3) is 5.06. The molecule has 1 rings (SSSR count). The SMILES string of the molecule is COCCC[C@@H](C)OS(=O)(=O)c1ccc(Br)cc1. The third-order valence-electron chi connectivity index (χ3n) is 2.35. The molecule has 18 heavy (non-hydrogen) atoms. The van der Waals surface area contributed by atoms with Gasteiger partial charge in [0.05, 0.1) is 11.0 Å². The molecule has 0 aliphatic heterocycles. The summed E-state index contributed by atoms with van der Waals surface area (Å²) in [6.45, 7) is 2.35. The van der Waals surface area contributed by atoms with Gasteiger partial charge in [-0.05, 0) is 44.0 Å². The molecule has 102 valence electrons.